The van der Waals surface area contributed by atoms with E-state index >= 15 is 0 Å². The molecule has 2 N–H and O–H groups in total. The molecule has 3 rings (SSSR count). The van der Waals surface area contributed by atoms with Gasteiger partial charge in [0.15, 0.2) is 5.82 Å². The van der Waals surface area contributed by atoms with Gasteiger partial charge in [-0.2, -0.15) is 0 Å². The van der Waals surface area contributed by atoms with E-state index in [4.69, 9.17) is 9.47 Å². The number of carbonyl (C=O) groups is 2. The maximum Gasteiger partial charge on any atom is 0.412 e. The van der Waals surface area contributed by atoms with Gasteiger partial charge in [-0.15, -0.1) is 0 Å². The predicted octanol–water partition coefficient (Wildman–Crippen LogP) is 4.10. The lowest BCUT2D eigenvalue weighted by Gasteiger charge is -2.19. The number of ether oxygens (including phenoxy) is 2. The van der Waals surface area contributed by atoms with Crippen molar-refractivity contribution < 1.29 is 23.5 Å². The number of amides is 2. The molecule has 28 heavy (non-hydrogen) atoms. The summed E-state index contributed by atoms with van der Waals surface area (Å²) in [4.78, 5) is 31.5. The fourth-order valence-corrected chi connectivity index (χ4v) is 2.23. The normalized spacial score (nSPS) is 13.6. The zero-order valence-corrected chi connectivity index (χ0v) is 15.8. The van der Waals surface area contributed by atoms with Crippen LogP contribution in [-0.2, 0) is 9.53 Å². The van der Waals surface area contributed by atoms with Gasteiger partial charge in [0.25, 0.3) is 0 Å². The van der Waals surface area contributed by atoms with Crippen molar-refractivity contribution in [1.82, 2.24) is 9.97 Å². The molecule has 1 aromatic heterocycles. The van der Waals surface area contributed by atoms with E-state index in [1.807, 2.05) is 0 Å². The average molecular weight is 388 g/mol. The highest BCUT2D eigenvalue weighted by atomic mass is 19.1. The summed E-state index contributed by atoms with van der Waals surface area (Å²) in [5.74, 6) is -0.115. The third-order valence-electron chi connectivity index (χ3n) is 3.64. The molecule has 0 unspecified atom stereocenters. The average Bonchev–Trinajstić information content (AvgIpc) is 3.41. The van der Waals surface area contributed by atoms with Crippen LogP contribution in [0.25, 0.3) is 0 Å². The summed E-state index contributed by atoms with van der Waals surface area (Å²) in [5.41, 5.74) is -0.731. The third kappa shape index (κ3) is 5.63. The Morgan fingerprint density at radius 1 is 1.14 bits per heavy atom. The molecule has 0 aliphatic heterocycles. The first-order chi connectivity index (χ1) is 13.2. The molecule has 1 aliphatic carbocycles. The molecule has 1 fully saturated rings. The van der Waals surface area contributed by atoms with E-state index in [0.717, 1.165) is 18.9 Å². The lowest BCUT2D eigenvalue weighted by Crippen LogP contribution is -2.27. The van der Waals surface area contributed by atoms with Gasteiger partial charge in [0.05, 0.1) is 5.69 Å². The maximum absolute atomic E-state index is 14.3. The predicted molar refractivity (Wildman–Crippen MR) is 99.7 cm³/mol. The van der Waals surface area contributed by atoms with Crippen LogP contribution in [0.2, 0.25) is 0 Å². The van der Waals surface area contributed by atoms with Crippen molar-refractivity contribution in [2.45, 2.75) is 39.2 Å². The van der Waals surface area contributed by atoms with Crippen molar-refractivity contribution >= 4 is 23.5 Å². The highest BCUT2D eigenvalue weighted by Crippen LogP contribution is 2.30. The van der Waals surface area contributed by atoms with Gasteiger partial charge in [0.1, 0.15) is 23.5 Å². The number of anilines is 2. The molecule has 0 radical (unpaired) electrons. The first kappa shape index (κ1) is 19.5. The number of benzene rings is 1. The third-order valence-corrected chi connectivity index (χ3v) is 3.64. The van der Waals surface area contributed by atoms with E-state index in [2.05, 4.69) is 20.6 Å². The molecule has 0 spiro atoms. The maximum atomic E-state index is 14.3. The van der Waals surface area contributed by atoms with Crippen LogP contribution in [-0.4, -0.2) is 27.6 Å². The first-order valence-corrected chi connectivity index (χ1v) is 8.80. The van der Waals surface area contributed by atoms with Crippen molar-refractivity contribution in [3.8, 4) is 11.6 Å². The minimum Gasteiger partial charge on any atom is -0.444 e. The molecule has 148 valence electrons. The molecule has 9 heteroatoms. The lowest BCUT2D eigenvalue weighted by molar-refractivity contribution is -0.117. The highest BCUT2D eigenvalue weighted by Gasteiger charge is 2.29. The summed E-state index contributed by atoms with van der Waals surface area (Å²) in [7, 11) is 0. The molecule has 1 aromatic carbocycles. The zero-order valence-electron chi connectivity index (χ0n) is 15.8. The quantitative estimate of drug-likeness (QED) is 0.799. The van der Waals surface area contributed by atoms with E-state index in [1.54, 1.807) is 20.8 Å². The number of rotatable bonds is 5. The van der Waals surface area contributed by atoms with Crippen molar-refractivity contribution in [2.24, 2.45) is 5.92 Å². The second-order valence-corrected chi connectivity index (χ2v) is 7.38. The molecule has 0 bridgehead atoms. The highest BCUT2D eigenvalue weighted by molar-refractivity contribution is 5.93. The van der Waals surface area contributed by atoms with Gasteiger partial charge >= 0.3 is 6.09 Å². The number of aromatic nitrogens is 2. The summed E-state index contributed by atoms with van der Waals surface area (Å²) >= 11 is 0. The zero-order chi connectivity index (χ0) is 20.3. The van der Waals surface area contributed by atoms with Gasteiger partial charge in [-0.1, -0.05) is 0 Å². The SMILES string of the molecule is CC(C)(C)OC(=O)Nc1ccc(Oc2cc(NC(=O)C3CC3)ncn2)cc1F. The number of nitrogens with one attached hydrogen (secondary N) is 2. The second kappa shape index (κ2) is 7.79. The Hall–Kier alpha value is -3.23. The Balaban J connectivity index is 1.64. The summed E-state index contributed by atoms with van der Waals surface area (Å²) in [6.07, 6.45) is 2.24. The fraction of sp³-hybridized carbons (Fsp3) is 0.368. The van der Waals surface area contributed by atoms with Crippen LogP contribution in [0.5, 0.6) is 11.6 Å². The minimum atomic E-state index is -0.757. The summed E-state index contributed by atoms with van der Waals surface area (Å²) in [6, 6.07) is 5.38. The molecular formula is C19H21FN4O4. The van der Waals surface area contributed by atoms with Crippen LogP contribution < -0.4 is 15.4 Å². The summed E-state index contributed by atoms with van der Waals surface area (Å²) in [6.45, 7) is 5.13. The van der Waals surface area contributed by atoms with Gasteiger partial charge in [0, 0.05) is 18.1 Å². The van der Waals surface area contributed by atoms with Crippen LogP contribution >= 0.6 is 0 Å². The van der Waals surface area contributed by atoms with Crippen LogP contribution in [0.3, 0.4) is 0 Å². The van der Waals surface area contributed by atoms with Crippen molar-refractivity contribution in [3.05, 3.63) is 36.4 Å². The van der Waals surface area contributed by atoms with E-state index in [1.165, 1.54) is 24.5 Å². The minimum absolute atomic E-state index is 0.0401. The molecule has 0 atom stereocenters. The Bertz CT molecular complexity index is 894. The molecule has 8 nitrogen and oxygen atoms in total. The summed E-state index contributed by atoms with van der Waals surface area (Å²) in [5, 5.41) is 5.03. The molecule has 2 amide bonds. The topological polar surface area (TPSA) is 102 Å². The lowest BCUT2D eigenvalue weighted by atomic mass is 10.2. The Morgan fingerprint density at radius 3 is 2.54 bits per heavy atom. The van der Waals surface area contributed by atoms with Gasteiger partial charge < -0.3 is 14.8 Å². The molecule has 1 aliphatic rings. The largest absolute Gasteiger partial charge is 0.444 e. The number of hydrogen-bond donors (Lipinski definition) is 2. The Morgan fingerprint density at radius 2 is 1.89 bits per heavy atom. The Labute approximate surface area is 161 Å². The van der Waals surface area contributed by atoms with Crippen LogP contribution in [0, 0.1) is 11.7 Å². The van der Waals surface area contributed by atoms with E-state index in [0.29, 0.717) is 5.82 Å². The van der Waals surface area contributed by atoms with Crippen molar-refractivity contribution in [2.75, 3.05) is 10.6 Å². The fourth-order valence-electron chi connectivity index (χ4n) is 2.23. The standard InChI is InChI=1S/C19H21FN4O4/c1-19(2,3)28-18(26)23-14-7-6-12(8-13(14)20)27-16-9-15(21-10-22-16)24-17(25)11-4-5-11/h6-11H,4-5H2,1-3H3,(H,23,26)(H,21,22,24,25). The molecule has 1 heterocycles. The number of carbonyl (C=O) groups excluding carboxylic acids is 2. The Kier molecular flexibility index (Phi) is 5.43. The van der Waals surface area contributed by atoms with Crippen LogP contribution in [0.15, 0.2) is 30.6 Å². The number of nitrogens with zero attached hydrogens (tertiary/aromatic N) is 2. The monoisotopic (exact) mass is 388 g/mol. The van der Waals surface area contributed by atoms with Crippen molar-refractivity contribution in [3.63, 3.8) is 0 Å². The van der Waals surface area contributed by atoms with Crippen LogP contribution in [0.1, 0.15) is 33.6 Å². The number of halogens is 1. The van der Waals surface area contributed by atoms with Gasteiger partial charge in [0.2, 0.25) is 11.8 Å². The van der Waals surface area contributed by atoms with E-state index in [9.17, 15) is 14.0 Å². The molecule has 1 saturated carbocycles. The van der Waals surface area contributed by atoms with Gasteiger partial charge in [-0.25, -0.2) is 19.2 Å². The van der Waals surface area contributed by atoms with Crippen molar-refractivity contribution in [1.29, 1.82) is 0 Å². The van der Waals surface area contributed by atoms with E-state index in [-0.39, 0.29) is 29.1 Å². The molecular weight excluding hydrogens is 367 g/mol. The van der Waals surface area contributed by atoms with E-state index < -0.39 is 17.5 Å². The number of hydrogen-bond acceptors (Lipinski definition) is 6. The molecule has 0 saturated heterocycles. The first-order valence-electron chi connectivity index (χ1n) is 8.80. The smallest absolute Gasteiger partial charge is 0.412 e. The summed E-state index contributed by atoms with van der Waals surface area (Å²) < 4.78 is 24.9. The van der Waals surface area contributed by atoms with Gasteiger partial charge in [-0.3, -0.25) is 10.1 Å². The second-order valence-electron chi connectivity index (χ2n) is 7.38. The van der Waals surface area contributed by atoms with Gasteiger partial charge in [-0.05, 0) is 45.7 Å². The van der Waals surface area contributed by atoms with Crippen LogP contribution in [0.4, 0.5) is 20.7 Å². The molecule has 2 aromatic rings.